The van der Waals surface area contributed by atoms with Crippen LogP contribution in [-0.4, -0.2) is 26.0 Å². The average molecular weight is 304 g/mol. The number of ketones is 1. The molecule has 0 saturated carbocycles. The molecule has 0 aliphatic heterocycles. The van der Waals surface area contributed by atoms with Crippen LogP contribution in [0.3, 0.4) is 0 Å². The van der Waals surface area contributed by atoms with Crippen LogP contribution in [0.25, 0.3) is 6.08 Å². The average Bonchev–Trinajstić information content (AvgIpc) is 3.00. The van der Waals surface area contributed by atoms with E-state index < -0.39 is 17.6 Å². The van der Waals surface area contributed by atoms with Crippen LogP contribution in [-0.2, 0) is 4.74 Å². The largest absolute Gasteiger partial charge is 0.494 e. The van der Waals surface area contributed by atoms with Gasteiger partial charge in [0.1, 0.15) is 5.76 Å². The van der Waals surface area contributed by atoms with Crippen LogP contribution >= 0.6 is 0 Å². The Morgan fingerprint density at radius 3 is 2.59 bits per heavy atom. The molecular weight excluding hydrogens is 291 g/mol. The Hall–Kier alpha value is -2.89. The Balaban J connectivity index is 2.12. The first kappa shape index (κ1) is 15.5. The maximum atomic E-state index is 13.5. The summed E-state index contributed by atoms with van der Waals surface area (Å²) in [5.41, 5.74) is 0.175. The molecule has 114 valence electrons. The number of halogens is 1. The summed E-state index contributed by atoms with van der Waals surface area (Å²) in [6.45, 7) is 0. The standard InChI is InChI=1S/C16H13FO5/c1-20-14-7-3-10(9-12(14)17)13(18)6-4-11-5-8-15(22-11)16(19)21-2/h3-9H,1-2H3. The molecule has 1 heterocycles. The summed E-state index contributed by atoms with van der Waals surface area (Å²) in [4.78, 5) is 23.2. The Labute approximate surface area is 125 Å². The number of ether oxygens (including phenoxy) is 2. The van der Waals surface area contributed by atoms with Gasteiger partial charge in [0, 0.05) is 5.56 Å². The summed E-state index contributed by atoms with van der Waals surface area (Å²) >= 11 is 0. The molecular formula is C16H13FO5. The number of allylic oxidation sites excluding steroid dienone is 1. The fraction of sp³-hybridized carbons (Fsp3) is 0.125. The molecule has 0 fully saturated rings. The van der Waals surface area contributed by atoms with Crippen LogP contribution in [0.4, 0.5) is 4.39 Å². The zero-order chi connectivity index (χ0) is 16.1. The number of methoxy groups -OCH3 is 2. The van der Waals surface area contributed by atoms with E-state index in [1.807, 2.05) is 0 Å². The Kier molecular flexibility index (Phi) is 4.73. The van der Waals surface area contributed by atoms with Gasteiger partial charge in [-0.25, -0.2) is 9.18 Å². The van der Waals surface area contributed by atoms with Crippen molar-refractivity contribution >= 4 is 17.8 Å². The van der Waals surface area contributed by atoms with Crippen LogP contribution in [0.5, 0.6) is 5.75 Å². The number of hydrogen-bond acceptors (Lipinski definition) is 5. The fourth-order valence-electron chi connectivity index (χ4n) is 1.73. The molecule has 0 unspecified atom stereocenters. The Morgan fingerprint density at radius 2 is 1.95 bits per heavy atom. The fourth-order valence-corrected chi connectivity index (χ4v) is 1.73. The lowest BCUT2D eigenvalue weighted by molar-refractivity contribution is 0.0564. The maximum absolute atomic E-state index is 13.5. The Bertz CT molecular complexity index is 730. The summed E-state index contributed by atoms with van der Waals surface area (Å²) in [7, 11) is 2.58. The summed E-state index contributed by atoms with van der Waals surface area (Å²) < 4.78 is 28.0. The second-order valence-corrected chi connectivity index (χ2v) is 4.24. The number of carbonyl (C=O) groups is 2. The molecule has 5 nitrogen and oxygen atoms in total. The number of esters is 1. The molecule has 0 aliphatic carbocycles. The van der Waals surface area contributed by atoms with E-state index in [2.05, 4.69) is 4.74 Å². The van der Waals surface area contributed by atoms with E-state index in [1.165, 1.54) is 50.6 Å². The highest BCUT2D eigenvalue weighted by Crippen LogP contribution is 2.18. The normalized spacial score (nSPS) is 10.7. The van der Waals surface area contributed by atoms with Crippen molar-refractivity contribution < 1.29 is 27.9 Å². The van der Waals surface area contributed by atoms with Crippen molar-refractivity contribution in [3.63, 3.8) is 0 Å². The highest BCUT2D eigenvalue weighted by molar-refractivity contribution is 6.06. The molecule has 0 radical (unpaired) electrons. The number of rotatable bonds is 5. The second kappa shape index (κ2) is 6.71. The van der Waals surface area contributed by atoms with E-state index in [0.29, 0.717) is 5.76 Å². The van der Waals surface area contributed by atoms with Crippen LogP contribution in [0, 0.1) is 5.82 Å². The maximum Gasteiger partial charge on any atom is 0.373 e. The van der Waals surface area contributed by atoms with Gasteiger partial charge in [0.05, 0.1) is 14.2 Å². The predicted molar refractivity (Wildman–Crippen MR) is 76.4 cm³/mol. The molecule has 2 rings (SSSR count). The lowest BCUT2D eigenvalue weighted by atomic mass is 10.1. The lowest BCUT2D eigenvalue weighted by Gasteiger charge is -2.02. The SMILES string of the molecule is COC(=O)c1ccc(C=CC(=O)c2ccc(OC)c(F)c2)o1. The number of benzene rings is 1. The van der Waals surface area contributed by atoms with Crippen molar-refractivity contribution in [2.24, 2.45) is 0 Å². The summed E-state index contributed by atoms with van der Waals surface area (Å²) in [5.74, 6) is -1.23. The smallest absolute Gasteiger partial charge is 0.373 e. The van der Waals surface area contributed by atoms with E-state index in [-0.39, 0.29) is 17.1 Å². The van der Waals surface area contributed by atoms with Gasteiger partial charge in [0.15, 0.2) is 17.3 Å². The monoisotopic (exact) mass is 304 g/mol. The van der Waals surface area contributed by atoms with Crippen molar-refractivity contribution in [2.75, 3.05) is 14.2 Å². The van der Waals surface area contributed by atoms with Gasteiger partial charge in [-0.15, -0.1) is 0 Å². The van der Waals surface area contributed by atoms with Crippen LogP contribution in [0.2, 0.25) is 0 Å². The Morgan fingerprint density at radius 1 is 1.18 bits per heavy atom. The summed E-state index contributed by atoms with van der Waals surface area (Å²) in [6, 6.07) is 6.87. The molecule has 0 aliphatic rings. The van der Waals surface area contributed by atoms with Crippen molar-refractivity contribution in [1.82, 2.24) is 0 Å². The van der Waals surface area contributed by atoms with Crippen molar-refractivity contribution in [3.8, 4) is 5.75 Å². The van der Waals surface area contributed by atoms with Gasteiger partial charge in [-0.2, -0.15) is 0 Å². The van der Waals surface area contributed by atoms with Crippen molar-refractivity contribution in [3.05, 3.63) is 59.3 Å². The molecule has 0 atom stereocenters. The van der Waals surface area contributed by atoms with Gasteiger partial charge in [-0.05, 0) is 42.5 Å². The topological polar surface area (TPSA) is 65.7 Å². The van der Waals surface area contributed by atoms with Gasteiger partial charge >= 0.3 is 5.97 Å². The first-order valence-corrected chi connectivity index (χ1v) is 6.29. The third-order valence-corrected chi connectivity index (χ3v) is 2.85. The molecule has 0 spiro atoms. The molecule has 22 heavy (non-hydrogen) atoms. The zero-order valence-electron chi connectivity index (χ0n) is 12.0. The number of furan rings is 1. The highest BCUT2D eigenvalue weighted by atomic mass is 19.1. The molecule has 0 saturated heterocycles. The van der Waals surface area contributed by atoms with E-state index >= 15 is 0 Å². The van der Waals surface area contributed by atoms with E-state index in [0.717, 1.165) is 6.07 Å². The van der Waals surface area contributed by atoms with E-state index in [1.54, 1.807) is 0 Å². The first-order valence-electron chi connectivity index (χ1n) is 6.29. The second-order valence-electron chi connectivity index (χ2n) is 4.24. The summed E-state index contributed by atoms with van der Waals surface area (Å²) in [6.07, 6.45) is 2.61. The molecule has 6 heteroatoms. The minimum atomic E-state index is -0.618. The molecule has 1 aromatic carbocycles. The van der Waals surface area contributed by atoms with Gasteiger partial charge in [-0.3, -0.25) is 4.79 Å². The lowest BCUT2D eigenvalue weighted by Crippen LogP contribution is -1.98. The minimum Gasteiger partial charge on any atom is -0.494 e. The van der Waals surface area contributed by atoms with E-state index in [4.69, 9.17) is 9.15 Å². The van der Waals surface area contributed by atoms with Crippen LogP contribution in [0.15, 0.2) is 40.8 Å². The number of carbonyl (C=O) groups excluding carboxylic acids is 2. The molecule has 0 N–H and O–H groups in total. The summed E-state index contributed by atoms with van der Waals surface area (Å²) in [5, 5.41) is 0. The van der Waals surface area contributed by atoms with E-state index in [9.17, 15) is 14.0 Å². The zero-order valence-corrected chi connectivity index (χ0v) is 12.0. The minimum absolute atomic E-state index is 0.0325. The van der Waals surface area contributed by atoms with Gasteiger partial charge in [0.25, 0.3) is 0 Å². The van der Waals surface area contributed by atoms with Crippen LogP contribution in [0.1, 0.15) is 26.7 Å². The molecule has 2 aromatic rings. The molecule has 0 amide bonds. The third kappa shape index (κ3) is 3.41. The van der Waals surface area contributed by atoms with Crippen molar-refractivity contribution in [2.45, 2.75) is 0 Å². The first-order chi connectivity index (χ1) is 10.5. The highest BCUT2D eigenvalue weighted by Gasteiger charge is 2.11. The third-order valence-electron chi connectivity index (χ3n) is 2.85. The van der Waals surface area contributed by atoms with Crippen molar-refractivity contribution in [1.29, 1.82) is 0 Å². The molecule has 1 aromatic heterocycles. The molecule has 0 bridgehead atoms. The van der Waals surface area contributed by atoms with Gasteiger partial charge in [-0.1, -0.05) is 0 Å². The van der Waals surface area contributed by atoms with Gasteiger partial charge in [0.2, 0.25) is 5.76 Å². The quantitative estimate of drug-likeness (QED) is 0.482. The predicted octanol–water partition coefficient (Wildman–Crippen LogP) is 3.11. The van der Waals surface area contributed by atoms with Gasteiger partial charge < -0.3 is 13.9 Å². The van der Waals surface area contributed by atoms with Crippen LogP contribution < -0.4 is 4.74 Å². The number of hydrogen-bond donors (Lipinski definition) is 0.